The van der Waals surface area contributed by atoms with E-state index in [-0.39, 0.29) is 17.1 Å². The molecule has 0 saturated heterocycles. The zero-order valence-electron chi connectivity index (χ0n) is 11.0. The lowest BCUT2D eigenvalue weighted by atomic mass is 10.1. The molecular formula is C13H16ClNO4. The Morgan fingerprint density at radius 3 is 2.53 bits per heavy atom. The van der Waals surface area contributed by atoms with Gasteiger partial charge in [0, 0.05) is 6.54 Å². The summed E-state index contributed by atoms with van der Waals surface area (Å²) in [5.74, 6) is -1.11. The summed E-state index contributed by atoms with van der Waals surface area (Å²) in [5.41, 5.74) is -0.0610. The molecule has 6 heteroatoms. The second-order valence-electron chi connectivity index (χ2n) is 4.94. The number of alkyl carbamates (subject to hydrolysis) is 1. The summed E-state index contributed by atoms with van der Waals surface area (Å²) < 4.78 is 5.07. The van der Waals surface area contributed by atoms with Crippen LogP contribution in [0.5, 0.6) is 0 Å². The normalized spacial score (nSPS) is 10.9. The number of carboxylic acid groups (broad SMARTS) is 1. The number of hydrogen-bond acceptors (Lipinski definition) is 3. The lowest BCUT2D eigenvalue weighted by molar-refractivity contribution is 0.0523. The lowest BCUT2D eigenvalue weighted by Gasteiger charge is -2.19. The Bertz CT molecular complexity index is 494. The van der Waals surface area contributed by atoms with Gasteiger partial charge in [0.25, 0.3) is 0 Å². The molecule has 0 spiro atoms. The maximum Gasteiger partial charge on any atom is 0.407 e. The van der Waals surface area contributed by atoms with Crippen LogP contribution in [-0.2, 0) is 11.3 Å². The van der Waals surface area contributed by atoms with Crippen LogP contribution in [-0.4, -0.2) is 22.8 Å². The van der Waals surface area contributed by atoms with Gasteiger partial charge >= 0.3 is 12.1 Å². The molecule has 0 heterocycles. The average molecular weight is 286 g/mol. The zero-order chi connectivity index (χ0) is 14.6. The first-order valence-electron chi connectivity index (χ1n) is 5.68. The van der Waals surface area contributed by atoms with Gasteiger partial charge in [-0.05, 0) is 32.4 Å². The molecule has 0 aliphatic rings. The van der Waals surface area contributed by atoms with E-state index in [4.69, 9.17) is 21.4 Å². The summed E-state index contributed by atoms with van der Waals surface area (Å²) in [7, 11) is 0. The summed E-state index contributed by atoms with van der Waals surface area (Å²) in [5, 5.41) is 11.6. The van der Waals surface area contributed by atoms with Crippen molar-refractivity contribution >= 4 is 23.7 Å². The molecule has 0 saturated carbocycles. The fourth-order valence-corrected chi connectivity index (χ4v) is 1.64. The highest BCUT2D eigenvalue weighted by molar-refractivity contribution is 6.34. The Kier molecular flexibility index (Phi) is 4.78. The predicted molar refractivity (Wildman–Crippen MR) is 71.5 cm³/mol. The maximum absolute atomic E-state index is 11.5. The van der Waals surface area contributed by atoms with E-state index in [0.29, 0.717) is 5.56 Å². The van der Waals surface area contributed by atoms with Gasteiger partial charge in [0.15, 0.2) is 0 Å². The van der Waals surface area contributed by atoms with Crippen molar-refractivity contribution in [2.75, 3.05) is 0 Å². The van der Waals surface area contributed by atoms with Crippen LogP contribution < -0.4 is 5.32 Å². The van der Waals surface area contributed by atoms with Crippen molar-refractivity contribution in [3.05, 3.63) is 34.3 Å². The molecule has 0 unspecified atom stereocenters. The van der Waals surface area contributed by atoms with E-state index in [1.165, 1.54) is 6.07 Å². The number of carboxylic acids is 1. The zero-order valence-corrected chi connectivity index (χ0v) is 11.7. The smallest absolute Gasteiger partial charge is 0.407 e. The number of ether oxygens (including phenoxy) is 1. The molecule has 0 radical (unpaired) electrons. The Labute approximate surface area is 116 Å². The Morgan fingerprint density at radius 1 is 1.37 bits per heavy atom. The van der Waals surface area contributed by atoms with Crippen LogP contribution in [0.15, 0.2) is 18.2 Å². The number of nitrogens with one attached hydrogen (secondary N) is 1. The molecule has 0 aliphatic carbocycles. The van der Waals surface area contributed by atoms with Crippen LogP contribution in [0.3, 0.4) is 0 Å². The monoisotopic (exact) mass is 285 g/mol. The van der Waals surface area contributed by atoms with E-state index in [0.717, 1.165) is 0 Å². The number of rotatable bonds is 3. The van der Waals surface area contributed by atoms with Crippen LogP contribution in [0, 0.1) is 0 Å². The number of hydrogen-bond donors (Lipinski definition) is 2. The van der Waals surface area contributed by atoms with Gasteiger partial charge in [0.2, 0.25) is 0 Å². The molecule has 19 heavy (non-hydrogen) atoms. The number of carbonyl (C=O) groups is 2. The predicted octanol–water partition coefficient (Wildman–Crippen LogP) is 3.06. The van der Waals surface area contributed by atoms with Gasteiger partial charge in [-0.1, -0.05) is 23.7 Å². The minimum atomic E-state index is -1.11. The van der Waals surface area contributed by atoms with Crippen molar-refractivity contribution in [1.82, 2.24) is 5.32 Å². The van der Waals surface area contributed by atoms with Crippen molar-refractivity contribution in [3.8, 4) is 0 Å². The van der Waals surface area contributed by atoms with Crippen molar-refractivity contribution < 1.29 is 19.4 Å². The molecule has 0 bridgehead atoms. The quantitative estimate of drug-likeness (QED) is 0.895. The summed E-state index contributed by atoms with van der Waals surface area (Å²) in [4.78, 5) is 22.4. The molecule has 1 rings (SSSR count). The Balaban J connectivity index is 2.71. The van der Waals surface area contributed by atoms with Crippen LogP contribution in [0.4, 0.5) is 4.79 Å². The highest BCUT2D eigenvalue weighted by atomic mass is 35.5. The molecule has 0 aromatic heterocycles. The first-order valence-corrected chi connectivity index (χ1v) is 6.06. The minimum absolute atomic E-state index is 0.00477. The maximum atomic E-state index is 11.5. The molecule has 1 aromatic rings. The summed E-state index contributed by atoms with van der Waals surface area (Å²) in [6.07, 6.45) is -0.579. The fourth-order valence-electron chi connectivity index (χ4n) is 1.36. The van der Waals surface area contributed by atoms with E-state index in [9.17, 15) is 9.59 Å². The van der Waals surface area contributed by atoms with Crippen molar-refractivity contribution in [3.63, 3.8) is 0 Å². The van der Waals surface area contributed by atoms with Gasteiger partial charge in [-0.25, -0.2) is 9.59 Å². The highest BCUT2D eigenvalue weighted by Gasteiger charge is 2.17. The summed E-state index contributed by atoms with van der Waals surface area (Å²) in [6, 6.07) is 4.62. The topological polar surface area (TPSA) is 75.6 Å². The molecule has 2 N–H and O–H groups in total. The molecule has 0 atom stereocenters. The van der Waals surface area contributed by atoms with E-state index >= 15 is 0 Å². The summed E-state index contributed by atoms with van der Waals surface area (Å²) >= 11 is 5.95. The van der Waals surface area contributed by atoms with Crippen molar-refractivity contribution in [1.29, 1.82) is 0 Å². The second kappa shape index (κ2) is 5.93. The van der Waals surface area contributed by atoms with Gasteiger partial charge in [0.1, 0.15) is 5.60 Å². The minimum Gasteiger partial charge on any atom is -0.478 e. The number of carbonyl (C=O) groups excluding carboxylic acids is 1. The van der Waals surface area contributed by atoms with E-state index in [1.54, 1.807) is 32.9 Å². The van der Waals surface area contributed by atoms with Gasteiger partial charge < -0.3 is 15.2 Å². The molecule has 104 valence electrons. The summed E-state index contributed by atoms with van der Waals surface area (Å²) in [6.45, 7) is 5.37. The first kappa shape index (κ1) is 15.3. The largest absolute Gasteiger partial charge is 0.478 e. The van der Waals surface area contributed by atoms with Crippen LogP contribution in [0.1, 0.15) is 36.7 Å². The fraction of sp³-hybridized carbons (Fsp3) is 0.385. The van der Waals surface area contributed by atoms with Gasteiger partial charge in [-0.2, -0.15) is 0 Å². The Morgan fingerprint density at radius 2 is 2.00 bits per heavy atom. The third-order valence-corrected chi connectivity index (χ3v) is 2.58. The first-order chi connectivity index (χ1) is 8.70. The number of benzene rings is 1. The van der Waals surface area contributed by atoms with E-state index in [2.05, 4.69) is 5.32 Å². The number of aromatic carboxylic acids is 1. The molecular weight excluding hydrogens is 270 g/mol. The van der Waals surface area contributed by atoms with Gasteiger partial charge in [0.05, 0.1) is 10.6 Å². The molecule has 0 fully saturated rings. The van der Waals surface area contributed by atoms with Crippen LogP contribution in [0.25, 0.3) is 0 Å². The molecule has 1 aromatic carbocycles. The van der Waals surface area contributed by atoms with Crippen molar-refractivity contribution in [2.45, 2.75) is 32.9 Å². The van der Waals surface area contributed by atoms with Crippen molar-refractivity contribution in [2.24, 2.45) is 0 Å². The highest BCUT2D eigenvalue weighted by Crippen LogP contribution is 2.21. The lowest BCUT2D eigenvalue weighted by Crippen LogP contribution is -2.32. The Hall–Kier alpha value is -1.75. The third-order valence-electron chi connectivity index (χ3n) is 2.13. The third kappa shape index (κ3) is 4.79. The van der Waals surface area contributed by atoms with Crippen LogP contribution >= 0.6 is 11.6 Å². The molecule has 0 aliphatic heterocycles. The van der Waals surface area contributed by atoms with E-state index in [1.807, 2.05) is 0 Å². The van der Waals surface area contributed by atoms with E-state index < -0.39 is 17.7 Å². The van der Waals surface area contributed by atoms with Crippen LogP contribution in [0.2, 0.25) is 5.02 Å². The molecule has 5 nitrogen and oxygen atoms in total. The number of halogens is 1. The van der Waals surface area contributed by atoms with Gasteiger partial charge in [-0.15, -0.1) is 0 Å². The average Bonchev–Trinajstić information content (AvgIpc) is 2.24. The second-order valence-corrected chi connectivity index (χ2v) is 5.32. The van der Waals surface area contributed by atoms with Gasteiger partial charge in [-0.3, -0.25) is 0 Å². The number of amides is 1. The standard InChI is InChI=1S/C13H16ClNO4/c1-13(2,3)19-12(18)15-7-8-5-4-6-9(10(8)14)11(16)17/h4-6H,7H2,1-3H3,(H,15,18)(H,16,17). The molecule has 1 amide bonds. The SMILES string of the molecule is CC(C)(C)OC(=O)NCc1cccc(C(=O)O)c1Cl.